The number of halogens is 1. The highest BCUT2D eigenvalue weighted by Gasteiger charge is 2.59. The van der Waals surface area contributed by atoms with E-state index in [0.29, 0.717) is 45.4 Å². The van der Waals surface area contributed by atoms with E-state index in [1.165, 1.54) is 0 Å². The number of hydrogen-bond acceptors (Lipinski definition) is 6. The molecule has 8 nitrogen and oxygen atoms in total. The maximum absolute atomic E-state index is 13.9. The lowest BCUT2D eigenvalue weighted by Crippen LogP contribution is -2.71. The van der Waals surface area contributed by atoms with Crippen LogP contribution in [0.2, 0.25) is 5.02 Å². The van der Waals surface area contributed by atoms with Crippen LogP contribution in [0, 0.1) is 5.92 Å². The molecule has 6 rings (SSSR count). The van der Waals surface area contributed by atoms with Gasteiger partial charge in [0.05, 0.1) is 13.2 Å². The third-order valence-electron chi connectivity index (χ3n) is 7.02. The van der Waals surface area contributed by atoms with E-state index in [4.69, 9.17) is 42.8 Å². The van der Waals surface area contributed by atoms with Crippen LogP contribution < -0.4 is 29.6 Å². The van der Waals surface area contributed by atoms with Gasteiger partial charge < -0.3 is 34.5 Å². The number of carbonyl (C=O) groups excluding carboxylic acids is 1. The van der Waals surface area contributed by atoms with E-state index < -0.39 is 17.7 Å². The fourth-order valence-electron chi connectivity index (χ4n) is 5.20. The SMILES string of the molecule is COc1cccc2c1O[C@@]1(C)[C@H](C(=O)Nc3ccc(Cl)cc3)[C@@H]2NC(=S)N1Cc1ccc2c(c1)OCO2. The Morgan fingerprint density at radius 3 is 2.76 bits per heavy atom. The minimum absolute atomic E-state index is 0.189. The van der Waals surface area contributed by atoms with Crippen molar-refractivity contribution in [3.05, 3.63) is 76.8 Å². The Hall–Kier alpha value is -3.69. The van der Waals surface area contributed by atoms with E-state index in [-0.39, 0.29) is 12.7 Å². The van der Waals surface area contributed by atoms with Crippen molar-refractivity contribution < 1.29 is 23.7 Å². The number of amides is 1. The van der Waals surface area contributed by atoms with Gasteiger partial charge in [-0.15, -0.1) is 0 Å². The lowest BCUT2D eigenvalue weighted by molar-refractivity contribution is -0.151. The Labute approximate surface area is 224 Å². The van der Waals surface area contributed by atoms with Gasteiger partial charge in [-0.05, 0) is 67.2 Å². The molecule has 37 heavy (non-hydrogen) atoms. The molecule has 2 N–H and O–H groups in total. The van der Waals surface area contributed by atoms with E-state index in [0.717, 1.165) is 11.1 Å². The zero-order valence-corrected chi connectivity index (χ0v) is 21.7. The number of nitrogens with one attached hydrogen (secondary N) is 2. The van der Waals surface area contributed by atoms with Crippen molar-refractivity contribution in [1.29, 1.82) is 0 Å². The molecule has 3 aromatic carbocycles. The second-order valence-electron chi connectivity index (χ2n) is 9.21. The lowest BCUT2D eigenvalue weighted by atomic mass is 9.78. The normalized spacial score (nSPS) is 23.0. The van der Waals surface area contributed by atoms with Crippen molar-refractivity contribution in [3.63, 3.8) is 0 Å². The van der Waals surface area contributed by atoms with E-state index in [9.17, 15) is 4.79 Å². The van der Waals surface area contributed by atoms with Crippen molar-refractivity contribution in [1.82, 2.24) is 10.2 Å². The van der Waals surface area contributed by atoms with Crippen LogP contribution in [-0.4, -0.2) is 35.5 Å². The van der Waals surface area contributed by atoms with Gasteiger partial charge in [0.15, 0.2) is 33.8 Å². The number of fused-ring (bicyclic) bond motifs is 5. The average molecular weight is 538 g/mol. The molecule has 1 saturated heterocycles. The van der Waals surface area contributed by atoms with Crippen LogP contribution in [0.15, 0.2) is 60.7 Å². The zero-order chi connectivity index (χ0) is 25.7. The van der Waals surface area contributed by atoms with Crippen LogP contribution in [0.25, 0.3) is 0 Å². The molecule has 3 aliphatic heterocycles. The first-order valence-corrected chi connectivity index (χ1v) is 12.5. The first-order chi connectivity index (χ1) is 17.9. The minimum Gasteiger partial charge on any atom is -0.493 e. The minimum atomic E-state index is -1.14. The van der Waals surface area contributed by atoms with Crippen LogP contribution in [-0.2, 0) is 11.3 Å². The third kappa shape index (κ3) is 3.98. The fourth-order valence-corrected chi connectivity index (χ4v) is 5.70. The molecule has 3 atom stereocenters. The van der Waals surface area contributed by atoms with Crippen molar-refractivity contribution in [3.8, 4) is 23.0 Å². The van der Waals surface area contributed by atoms with E-state index >= 15 is 0 Å². The molecule has 3 aliphatic rings. The highest BCUT2D eigenvalue weighted by atomic mass is 35.5. The fraction of sp³-hybridized carbons (Fsp3) is 0.259. The molecule has 190 valence electrons. The number of nitrogens with zero attached hydrogens (tertiary/aromatic N) is 1. The Balaban J connectivity index is 1.41. The topological polar surface area (TPSA) is 81.3 Å². The second kappa shape index (κ2) is 9.00. The Morgan fingerprint density at radius 2 is 1.97 bits per heavy atom. The third-order valence-corrected chi connectivity index (χ3v) is 7.61. The number of rotatable bonds is 5. The van der Waals surface area contributed by atoms with Crippen LogP contribution in [0.3, 0.4) is 0 Å². The van der Waals surface area contributed by atoms with Crippen molar-refractivity contribution in [2.45, 2.75) is 25.2 Å². The van der Waals surface area contributed by atoms with Gasteiger partial charge in [0.25, 0.3) is 0 Å². The maximum Gasteiger partial charge on any atom is 0.236 e. The molecular formula is C27H24ClN3O5S. The zero-order valence-electron chi connectivity index (χ0n) is 20.1. The van der Waals surface area contributed by atoms with Crippen LogP contribution in [0.5, 0.6) is 23.0 Å². The van der Waals surface area contributed by atoms with Crippen LogP contribution >= 0.6 is 23.8 Å². The predicted molar refractivity (Wildman–Crippen MR) is 142 cm³/mol. The molecular weight excluding hydrogens is 514 g/mol. The summed E-state index contributed by atoms with van der Waals surface area (Å²) < 4.78 is 23.3. The van der Waals surface area contributed by atoms with Gasteiger partial charge >= 0.3 is 0 Å². The Bertz CT molecular complexity index is 1400. The molecule has 2 bridgehead atoms. The number of hydrogen-bond donors (Lipinski definition) is 2. The maximum atomic E-state index is 13.9. The molecule has 3 aromatic rings. The van der Waals surface area contributed by atoms with Crippen molar-refractivity contribution in [2.75, 3.05) is 19.2 Å². The molecule has 0 radical (unpaired) electrons. The monoisotopic (exact) mass is 537 g/mol. The smallest absolute Gasteiger partial charge is 0.236 e. The average Bonchev–Trinajstić information content (AvgIpc) is 3.35. The molecule has 1 fully saturated rings. The molecule has 1 amide bonds. The molecule has 0 unspecified atom stereocenters. The summed E-state index contributed by atoms with van der Waals surface area (Å²) in [6, 6.07) is 17.9. The summed E-state index contributed by atoms with van der Waals surface area (Å²) in [5.41, 5.74) is 1.23. The first kappa shape index (κ1) is 23.7. The largest absolute Gasteiger partial charge is 0.493 e. The molecule has 0 aliphatic carbocycles. The predicted octanol–water partition coefficient (Wildman–Crippen LogP) is 4.87. The Kier molecular flexibility index (Phi) is 5.77. The number of anilines is 1. The number of ether oxygens (including phenoxy) is 4. The number of benzene rings is 3. The van der Waals surface area contributed by atoms with Gasteiger partial charge in [-0.25, -0.2) is 0 Å². The molecule has 3 heterocycles. The molecule has 0 aromatic heterocycles. The highest BCUT2D eigenvalue weighted by molar-refractivity contribution is 7.80. The van der Waals surface area contributed by atoms with Crippen LogP contribution in [0.4, 0.5) is 5.69 Å². The summed E-state index contributed by atoms with van der Waals surface area (Å²) in [5.74, 6) is 1.66. The van der Waals surface area contributed by atoms with Gasteiger partial charge in [-0.3, -0.25) is 4.79 Å². The summed E-state index contributed by atoms with van der Waals surface area (Å²) in [5, 5.41) is 7.51. The Morgan fingerprint density at radius 1 is 1.19 bits per heavy atom. The summed E-state index contributed by atoms with van der Waals surface area (Å²) in [6.07, 6.45) is 0. The lowest BCUT2D eigenvalue weighted by Gasteiger charge is -2.56. The van der Waals surface area contributed by atoms with Crippen LogP contribution in [0.1, 0.15) is 24.1 Å². The summed E-state index contributed by atoms with van der Waals surface area (Å²) in [4.78, 5) is 15.8. The summed E-state index contributed by atoms with van der Waals surface area (Å²) >= 11 is 11.9. The van der Waals surface area contributed by atoms with E-state index in [1.54, 1.807) is 31.4 Å². The van der Waals surface area contributed by atoms with Gasteiger partial charge in [0.1, 0.15) is 5.92 Å². The van der Waals surface area contributed by atoms with Gasteiger partial charge in [-0.1, -0.05) is 29.8 Å². The molecule has 10 heteroatoms. The quantitative estimate of drug-likeness (QED) is 0.446. The van der Waals surface area contributed by atoms with E-state index in [2.05, 4.69) is 10.6 Å². The van der Waals surface area contributed by atoms with Gasteiger partial charge in [0.2, 0.25) is 12.7 Å². The van der Waals surface area contributed by atoms with Gasteiger partial charge in [0, 0.05) is 22.8 Å². The number of carbonyl (C=O) groups is 1. The van der Waals surface area contributed by atoms with Crippen molar-refractivity contribution in [2.24, 2.45) is 5.92 Å². The summed E-state index contributed by atoms with van der Waals surface area (Å²) in [7, 11) is 1.60. The highest BCUT2D eigenvalue weighted by Crippen LogP contribution is 2.52. The van der Waals surface area contributed by atoms with Gasteiger partial charge in [-0.2, -0.15) is 0 Å². The number of methoxy groups -OCH3 is 1. The molecule has 0 spiro atoms. The second-order valence-corrected chi connectivity index (χ2v) is 10.0. The first-order valence-electron chi connectivity index (χ1n) is 11.8. The van der Waals surface area contributed by atoms with Crippen molar-refractivity contribution >= 4 is 40.5 Å². The van der Waals surface area contributed by atoms with E-state index in [1.807, 2.05) is 48.2 Å². The number of thiocarbonyl (C=S) groups is 1. The standard InChI is InChI=1S/C27H24ClN3O5S/c1-27-22(25(32)29-17-9-7-16(28)8-10-17)23(18-4-3-5-20(33-2)24(18)36-27)30-26(37)31(27)13-15-6-11-19-21(12-15)35-14-34-19/h3-12,22-23H,13-14H2,1-2H3,(H,29,32)(H,30,37)/t22-,23+,27-/m0/s1. The number of para-hydroxylation sites is 1. The summed E-state index contributed by atoms with van der Waals surface area (Å²) in [6.45, 7) is 2.46. The molecule has 0 saturated carbocycles.